The first-order valence-electron chi connectivity index (χ1n) is 4.80. The summed E-state index contributed by atoms with van der Waals surface area (Å²) < 4.78 is 5.09. The minimum atomic E-state index is -0.348. The molecule has 0 aliphatic carbocycles. The van der Waals surface area contributed by atoms with Gasteiger partial charge in [-0.25, -0.2) is 4.79 Å². The van der Waals surface area contributed by atoms with Gasteiger partial charge in [-0.3, -0.25) is 0 Å². The molecule has 1 N–H and O–H groups in total. The molecule has 1 amide bonds. The topological polar surface area (TPSA) is 38.3 Å². The van der Waals surface area contributed by atoms with Crippen molar-refractivity contribution in [2.45, 2.75) is 18.9 Å². The molecule has 3 nitrogen and oxygen atoms in total. The van der Waals surface area contributed by atoms with Gasteiger partial charge in [0.05, 0.1) is 6.54 Å². The number of hydrogen-bond donors (Lipinski definition) is 1. The standard InChI is InChI=1S/C11H12ClNO2/c1-7-4-8(2-3-9(7)5-12)10-6-13-11(14)15-10/h2-4,10H,5-6H2,1H3,(H,13,14). The van der Waals surface area contributed by atoms with Crippen molar-refractivity contribution in [3.63, 3.8) is 0 Å². The molecule has 0 radical (unpaired) electrons. The van der Waals surface area contributed by atoms with Crippen LogP contribution in [0.15, 0.2) is 18.2 Å². The normalized spacial score (nSPS) is 19.9. The van der Waals surface area contributed by atoms with E-state index in [2.05, 4.69) is 5.32 Å². The highest BCUT2D eigenvalue weighted by Gasteiger charge is 2.24. The van der Waals surface area contributed by atoms with Crippen molar-refractivity contribution >= 4 is 17.7 Å². The maximum atomic E-state index is 10.9. The van der Waals surface area contributed by atoms with Gasteiger partial charge >= 0.3 is 6.09 Å². The van der Waals surface area contributed by atoms with Gasteiger partial charge in [-0.1, -0.05) is 18.2 Å². The highest BCUT2D eigenvalue weighted by Crippen LogP contribution is 2.23. The molecule has 0 aromatic heterocycles. The number of halogens is 1. The van der Waals surface area contributed by atoms with Gasteiger partial charge in [-0.05, 0) is 23.6 Å². The second-order valence-corrected chi connectivity index (χ2v) is 3.86. The van der Waals surface area contributed by atoms with Crippen LogP contribution < -0.4 is 5.32 Å². The van der Waals surface area contributed by atoms with Crippen molar-refractivity contribution in [2.75, 3.05) is 6.54 Å². The van der Waals surface area contributed by atoms with E-state index in [1.54, 1.807) is 0 Å². The summed E-state index contributed by atoms with van der Waals surface area (Å²) in [5, 5.41) is 2.63. The van der Waals surface area contributed by atoms with Gasteiger partial charge in [0, 0.05) is 5.88 Å². The van der Waals surface area contributed by atoms with E-state index < -0.39 is 0 Å². The van der Waals surface area contributed by atoms with Crippen LogP contribution >= 0.6 is 11.6 Å². The zero-order valence-corrected chi connectivity index (χ0v) is 9.17. The number of hydrogen-bond acceptors (Lipinski definition) is 2. The lowest BCUT2D eigenvalue weighted by Gasteiger charge is -2.10. The number of aryl methyl sites for hydroxylation is 1. The van der Waals surface area contributed by atoms with E-state index >= 15 is 0 Å². The zero-order valence-electron chi connectivity index (χ0n) is 8.42. The Morgan fingerprint density at radius 3 is 2.93 bits per heavy atom. The fourth-order valence-electron chi connectivity index (χ4n) is 1.64. The van der Waals surface area contributed by atoms with Crippen LogP contribution in [0.1, 0.15) is 22.8 Å². The van der Waals surface area contributed by atoms with E-state index in [4.69, 9.17) is 16.3 Å². The van der Waals surface area contributed by atoms with Gasteiger partial charge in [0.2, 0.25) is 0 Å². The van der Waals surface area contributed by atoms with E-state index in [0.29, 0.717) is 12.4 Å². The summed E-state index contributed by atoms with van der Waals surface area (Å²) in [7, 11) is 0. The highest BCUT2D eigenvalue weighted by atomic mass is 35.5. The summed E-state index contributed by atoms with van der Waals surface area (Å²) in [5.74, 6) is 0.509. The third-order valence-electron chi connectivity index (χ3n) is 2.56. The third-order valence-corrected chi connectivity index (χ3v) is 2.85. The van der Waals surface area contributed by atoms with Gasteiger partial charge < -0.3 is 10.1 Å². The third kappa shape index (κ3) is 2.07. The number of benzene rings is 1. The molecule has 1 saturated heterocycles. The largest absolute Gasteiger partial charge is 0.439 e. The van der Waals surface area contributed by atoms with Crippen molar-refractivity contribution in [3.8, 4) is 0 Å². The molecule has 0 saturated carbocycles. The van der Waals surface area contributed by atoms with Crippen LogP contribution in [0.2, 0.25) is 0 Å². The van der Waals surface area contributed by atoms with E-state index in [9.17, 15) is 4.79 Å². The van der Waals surface area contributed by atoms with Gasteiger partial charge in [-0.2, -0.15) is 0 Å². The number of ether oxygens (including phenoxy) is 1. The zero-order chi connectivity index (χ0) is 10.8. The number of amides is 1. The van der Waals surface area contributed by atoms with E-state index in [1.165, 1.54) is 0 Å². The number of cyclic esters (lactones) is 1. The van der Waals surface area contributed by atoms with Crippen LogP contribution in [0.5, 0.6) is 0 Å². The van der Waals surface area contributed by atoms with Crippen LogP contribution in [0, 0.1) is 6.92 Å². The van der Waals surface area contributed by atoms with Crippen molar-refractivity contribution < 1.29 is 9.53 Å². The van der Waals surface area contributed by atoms with Crippen molar-refractivity contribution in [3.05, 3.63) is 34.9 Å². The molecule has 0 bridgehead atoms. The lowest BCUT2D eigenvalue weighted by Crippen LogP contribution is -2.12. The number of alkyl halides is 1. The van der Waals surface area contributed by atoms with Gasteiger partial charge in [0.15, 0.2) is 0 Å². The summed E-state index contributed by atoms with van der Waals surface area (Å²) in [5.41, 5.74) is 3.25. The Hall–Kier alpha value is -1.22. The Balaban J connectivity index is 2.22. The minimum absolute atomic E-state index is 0.166. The Bertz CT molecular complexity index is 392. The second kappa shape index (κ2) is 4.11. The molecule has 80 valence electrons. The molecule has 1 aliphatic heterocycles. The number of rotatable bonds is 2. The fourth-order valence-corrected chi connectivity index (χ4v) is 1.94. The first-order valence-corrected chi connectivity index (χ1v) is 5.34. The number of carbonyl (C=O) groups excluding carboxylic acids is 1. The Morgan fingerprint density at radius 2 is 2.40 bits per heavy atom. The molecule has 2 rings (SSSR count). The van der Waals surface area contributed by atoms with Crippen molar-refractivity contribution in [1.82, 2.24) is 5.32 Å². The average Bonchev–Trinajstić information content (AvgIpc) is 2.65. The smallest absolute Gasteiger partial charge is 0.407 e. The molecule has 1 aliphatic rings. The maximum Gasteiger partial charge on any atom is 0.407 e. The Labute approximate surface area is 93.4 Å². The maximum absolute atomic E-state index is 10.9. The van der Waals surface area contributed by atoms with Crippen molar-refractivity contribution in [1.29, 1.82) is 0 Å². The first-order chi connectivity index (χ1) is 7.20. The monoisotopic (exact) mass is 225 g/mol. The Kier molecular flexibility index (Phi) is 2.82. The van der Waals surface area contributed by atoms with Crippen LogP contribution in [0.3, 0.4) is 0 Å². The van der Waals surface area contributed by atoms with E-state index in [0.717, 1.165) is 16.7 Å². The van der Waals surface area contributed by atoms with E-state index in [-0.39, 0.29) is 12.2 Å². The molecule has 4 heteroatoms. The molecular weight excluding hydrogens is 214 g/mol. The molecule has 15 heavy (non-hydrogen) atoms. The molecular formula is C11H12ClNO2. The second-order valence-electron chi connectivity index (χ2n) is 3.59. The molecule has 1 heterocycles. The first kappa shape index (κ1) is 10.3. The number of carbonyl (C=O) groups is 1. The lowest BCUT2D eigenvalue weighted by atomic mass is 10.0. The van der Waals surface area contributed by atoms with Crippen LogP contribution in [-0.2, 0) is 10.6 Å². The quantitative estimate of drug-likeness (QED) is 0.786. The molecule has 0 spiro atoms. The summed E-state index contributed by atoms with van der Waals surface area (Å²) in [6, 6.07) is 5.95. The molecule has 1 aromatic rings. The van der Waals surface area contributed by atoms with Gasteiger partial charge in [-0.15, -0.1) is 11.6 Å². The number of nitrogens with one attached hydrogen (secondary N) is 1. The van der Waals surface area contributed by atoms with E-state index in [1.807, 2.05) is 25.1 Å². The summed E-state index contributed by atoms with van der Waals surface area (Å²) >= 11 is 5.77. The average molecular weight is 226 g/mol. The van der Waals surface area contributed by atoms with Gasteiger partial charge in [0.1, 0.15) is 6.10 Å². The van der Waals surface area contributed by atoms with Crippen LogP contribution in [0.4, 0.5) is 4.79 Å². The Morgan fingerprint density at radius 1 is 1.60 bits per heavy atom. The lowest BCUT2D eigenvalue weighted by molar-refractivity contribution is 0.141. The highest BCUT2D eigenvalue weighted by molar-refractivity contribution is 6.17. The van der Waals surface area contributed by atoms with Gasteiger partial charge in [0.25, 0.3) is 0 Å². The predicted molar refractivity (Wildman–Crippen MR) is 58.0 cm³/mol. The summed E-state index contributed by atoms with van der Waals surface area (Å²) in [4.78, 5) is 10.9. The SMILES string of the molecule is Cc1cc(C2CNC(=O)O2)ccc1CCl. The van der Waals surface area contributed by atoms with Crippen molar-refractivity contribution in [2.24, 2.45) is 0 Å². The van der Waals surface area contributed by atoms with Crippen LogP contribution in [-0.4, -0.2) is 12.6 Å². The number of alkyl carbamates (subject to hydrolysis) is 1. The molecule has 1 aromatic carbocycles. The summed E-state index contributed by atoms with van der Waals surface area (Å²) in [6.45, 7) is 2.55. The predicted octanol–water partition coefficient (Wildman–Crippen LogP) is 2.51. The minimum Gasteiger partial charge on any atom is -0.439 e. The summed E-state index contributed by atoms with van der Waals surface area (Å²) in [6.07, 6.45) is -0.514. The molecule has 1 unspecified atom stereocenters. The molecule has 1 fully saturated rings. The van der Waals surface area contributed by atoms with Crippen LogP contribution in [0.25, 0.3) is 0 Å². The molecule has 1 atom stereocenters. The fraction of sp³-hybridized carbons (Fsp3) is 0.364.